The molecule has 1 aliphatic rings. The Balaban J connectivity index is 0.00000242. The molecule has 0 spiro atoms. The monoisotopic (exact) mass is 331 g/mol. The Morgan fingerprint density at radius 2 is 2.18 bits per heavy atom. The van der Waals surface area contributed by atoms with Gasteiger partial charge in [-0.25, -0.2) is 4.68 Å². The fourth-order valence-corrected chi connectivity index (χ4v) is 2.26. The van der Waals surface area contributed by atoms with Crippen LogP contribution >= 0.6 is 12.4 Å². The topological polar surface area (TPSA) is 81.1 Å². The highest BCUT2D eigenvalue weighted by Crippen LogP contribution is 2.23. The molecule has 1 saturated heterocycles. The highest BCUT2D eigenvalue weighted by Gasteiger charge is 2.21. The third kappa shape index (κ3) is 5.23. The third-order valence-corrected chi connectivity index (χ3v) is 3.81. The van der Waals surface area contributed by atoms with Gasteiger partial charge in [0.15, 0.2) is 5.82 Å². The van der Waals surface area contributed by atoms with E-state index in [1.165, 1.54) is 0 Å². The van der Waals surface area contributed by atoms with Crippen molar-refractivity contribution >= 4 is 24.3 Å². The van der Waals surface area contributed by atoms with Gasteiger partial charge in [0.2, 0.25) is 5.95 Å². The molecule has 8 heteroatoms. The lowest BCUT2D eigenvalue weighted by atomic mass is 9.98. The van der Waals surface area contributed by atoms with Crippen LogP contribution in [0.5, 0.6) is 0 Å². The van der Waals surface area contributed by atoms with Crippen LogP contribution in [0.3, 0.4) is 0 Å². The van der Waals surface area contributed by atoms with Crippen LogP contribution in [0.15, 0.2) is 0 Å². The van der Waals surface area contributed by atoms with E-state index in [1.54, 1.807) is 11.7 Å². The summed E-state index contributed by atoms with van der Waals surface area (Å²) < 4.78 is 7.03. The number of anilines is 1. The minimum atomic E-state index is -0.192. The molecule has 1 fully saturated rings. The second kappa shape index (κ2) is 9.07. The van der Waals surface area contributed by atoms with Crippen molar-refractivity contribution in [3.8, 4) is 0 Å². The van der Waals surface area contributed by atoms with Crippen LogP contribution < -0.4 is 10.6 Å². The lowest BCUT2D eigenvalue weighted by Gasteiger charge is -2.19. The molecule has 0 aromatic carbocycles. The second-order valence-corrected chi connectivity index (χ2v) is 5.52. The molecular weight excluding hydrogens is 306 g/mol. The number of halogens is 1. The third-order valence-electron chi connectivity index (χ3n) is 3.81. The van der Waals surface area contributed by atoms with E-state index in [0.29, 0.717) is 11.9 Å². The van der Waals surface area contributed by atoms with Crippen LogP contribution in [-0.4, -0.2) is 46.5 Å². The summed E-state index contributed by atoms with van der Waals surface area (Å²) in [6.07, 6.45) is 3.04. The number of rotatable bonds is 6. The molecule has 1 amide bonds. The van der Waals surface area contributed by atoms with Gasteiger partial charge in [0.25, 0.3) is 5.91 Å². The molecule has 0 radical (unpaired) electrons. The summed E-state index contributed by atoms with van der Waals surface area (Å²) in [7, 11) is 1.79. The first-order chi connectivity index (χ1) is 10.1. The Bertz CT molecular complexity index is 474. The van der Waals surface area contributed by atoms with Gasteiger partial charge in [-0.1, -0.05) is 6.92 Å². The van der Waals surface area contributed by atoms with Gasteiger partial charge in [0.05, 0.1) is 6.10 Å². The van der Waals surface area contributed by atoms with Crippen molar-refractivity contribution in [3.05, 3.63) is 5.82 Å². The van der Waals surface area contributed by atoms with Crippen molar-refractivity contribution in [3.63, 3.8) is 0 Å². The van der Waals surface area contributed by atoms with E-state index < -0.39 is 0 Å². The van der Waals surface area contributed by atoms with Gasteiger partial charge in [-0.2, -0.15) is 10.1 Å². The number of amides is 1. The average Bonchev–Trinajstić information content (AvgIpc) is 2.86. The average molecular weight is 332 g/mol. The van der Waals surface area contributed by atoms with Crippen LogP contribution in [0, 0.1) is 0 Å². The minimum Gasteiger partial charge on any atom is -0.369 e. The van der Waals surface area contributed by atoms with Gasteiger partial charge in [-0.15, -0.1) is 12.4 Å². The van der Waals surface area contributed by atoms with E-state index in [4.69, 9.17) is 4.74 Å². The van der Waals surface area contributed by atoms with Gasteiger partial charge >= 0.3 is 0 Å². The summed E-state index contributed by atoms with van der Waals surface area (Å²) in [6, 6.07) is 0. The fourth-order valence-electron chi connectivity index (χ4n) is 2.26. The number of aromatic nitrogens is 3. The van der Waals surface area contributed by atoms with E-state index in [-0.39, 0.29) is 31.0 Å². The summed E-state index contributed by atoms with van der Waals surface area (Å²) in [5, 5.41) is 10.5. The molecule has 0 saturated carbocycles. The maximum absolute atomic E-state index is 11.8. The first kappa shape index (κ1) is 18.9. The Morgan fingerprint density at radius 3 is 2.82 bits per heavy atom. The zero-order valence-electron chi connectivity index (χ0n) is 13.5. The van der Waals surface area contributed by atoms with E-state index in [1.807, 2.05) is 13.8 Å². The molecule has 126 valence electrons. The quantitative estimate of drug-likeness (QED) is 0.824. The SMILES string of the molecule is CCC(C)OCC(=O)Nc1nc(C2CCNCC2)nn1C.Cl. The van der Waals surface area contributed by atoms with Crippen LogP contribution in [0.25, 0.3) is 0 Å². The summed E-state index contributed by atoms with van der Waals surface area (Å²) in [4.78, 5) is 16.3. The van der Waals surface area contributed by atoms with Crippen molar-refractivity contribution in [2.45, 2.75) is 45.1 Å². The maximum Gasteiger partial charge on any atom is 0.252 e. The lowest BCUT2D eigenvalue weighted by Crippen LogP contribution is -2.27. The van der Waals surface area contributed by atoms with E-state index in [2.05, 4.69) is 20.7 Å². The molecule has 1 atom stereocenters. The summed E-state index contributed by atoms with van der Waals surface area (Å²) in [6.45, 7) is 6.01. The molecule has 1 unspecified atom stereocenters. The van der Waals surface area contributed by atoms with E-state index >= 15 is 0 Å². The van der Waals surface area contributed by atoms with Crippen molar-refractivity contribution < 1.29 is 9.53 Å². The lowest BCUT2D eigenvalue weighted by molar-refractivity contribution is -0.122. The molecule has 7 nitrogen and oxygen atoms in total. The van der Waals surface area contributed by atoms with Crippen molar-refractivity contribution in [2.24, 2.45) is 7.05 Å². The van der Waals surface area contributed by atoms with Gasteiger partial charge in [-0.3, -0.25) is 10.1 Å². The summed E-state index contributed by atoms with van der Waals surface area (Å²) >= 11 is 0. The first-order valence-corrected chi connectivity index (χ1v) is 7.63. The first-order valence-electron chi connectivity index (χ1n) is 7.63. The highest BCUT2D eigenvalue weighted by atomic mass is 35.5. The fraction of sp³-hybridized carbons (Fsp3) is 0.786. The van der Waals surface area contributed by atoms with Gasteiger partial charge in [0, 0.05) is 13.0 Å². The predicted octanol–water partition coefficient (Wildman–Crippen LogP) is 1.46. The molecule has 2 rings (SSSR count). The number of hydrogen-bond donors (Lipinski definition) is 2. The zero-order chi connectivity index (χ0) is 15.2. The number of nitrogens with zero attached hydrogens (tertiary/aromatic N) is 3. The van der Waals surface area contributed by atoms with Crippen molar-refractivity contribution in [1.82, 2.24) is 20.1 Å². The van der Waals surface area contributed by atoms with Gasteiger partial charge < -0.3 is 10.1 Å². The van der Waals surface area contributed by atoms with Crippen molar-refractivity contribution in [1.29, 1.82) is 0 Å². The van der Waals surface area contributed by atoms with Crippen LogP contribution in [-0.2, 0) is 16.6 Å². The van der Waals surface area contributed by atoms with Gasteiger partial charge in [0.1, 0.15) is 6.61 Å². The summed E-state index contributed by atoms with van der Waals surface area (Å²) in [5.41, 5.74) is 0. The molecule has 1 aliphatic heterocycles. The Hall–Kier alpha value is -1.18. The number of nitrogens with one attached hydrogen (secondary N) is 2. The number of piperidine rings is 1. The molecule has 1 aromatic rings. The van der Waals surface area contributed by atoms with Crippen LogP contribution in [0.2, 0.25) is 0 Å². The van der Waals surface area contributed by atoms with E-state index in [0.717, 1.165) is 38.2 Å². The molecule has 1 aromatic heterocycles. The van der Waals surface area contributed by atoms with Crippen LogP contribution in [0.1, 0.15) is 44.9 Å². The smallest absolute Gasteiger partial charge is 0.252 e. The standard InChI is InChI=1S/C14H25N5O2.ClH/c1-4-10(2)21-9-12(20)16-14-17-13(18-19(14)3)11-5-7-15-8-6-11;/h10-11,15H,4-9H2,1-3H3,(H,16,17,18,20);1H. The molecule has 2 N–H and O–H groups in total. The van der Waals surface area contributed by atoms with Crippen molar-refractivity contribution in [2.75, 3.05) is 25.0 Å². The van der Waals surface area contributed by atoms with E-state index in [9.17, 15) is 4.79 Å². The Morgan fingerprint density at radius 1 is 1.50 bits per heavy atom. The normalized spacial score (nSPS) is 16.9. The molecule has 0 aliphatic carbocycles. The van der Waals surface area contributed by atoms with Crippen LogP contribution in [0.4, 0.5) is 5.95 Å². The second-order valence-electron chi connectivity index (χ2n) is 5.52. The molecular formula is C14H26ClN5O2. The van der Waals surface area contributed by atoms with Gasteiger partial charge in [-0.05, 0) is 39.3 Å². The highest BCUT2D eigenvalue weighted by molar-refractivity contribution is 5.90. The maximum atomic E-state index is 11.8. The number of carbonyl (C=O) groups excluding carboxylic acids is 1. The number of hydrogen-bond acceptors (Lipinski definition) is 5. The number of ether oxygens (including phenoxy) is 1. The zero-order valence-corrected chi connectivity index (χ0v) is 14.3. The predicted molar refractivity (Wildman–Crippen MR) is 87.4 cm³/mol. The summed E-state index contributed by atoms with van der Waals surface area (Å²) in [5.74, 6) is 1.49. The molecule has 2 heterocycles. The molecule has 22 heavy (non-hydrogen) atoms. The minimum absolute atomic E-state index is 0. The number of aryl methyl sites for hydroxylation is 1. The Labute approximate surface area is 137 Å². The molecule has 0 bridgehead atoms. The number of carbonyl (C=O) groups is 1. The Kier molecular flexibility index (Phi) is 7.78. The largest absolute Gasteiger partial charge is 0.369 e.